The molecule has 0 spiro atoms. The molecule has 0 aliphatic carbocycles. The predicted octanol–water partition coefficient (Wildman–Crippen LogP) is 6.40. The molecule has 4 aromatic carbocycles. The van der Waals surface area contributed by atoms with E-state index in [2.05, 4.69) is 9.97 Å². The fourth-order valence-corrected chi connectivity index (χ4v) is 6.09. The van der Waals surface area contributed by atoms with Gasteiger partial charge in [0, 0.05) is 67.2 Å². The van der Waals surface area contributed by atoms with Crippen molar-refractivity contribution >= 4 is 44.1 Å². The molecule has 9 nitrogen and oxygen atoms in total. The van der Waals surface area contributed by atoms with Crippen molar-refractivity contribution in [3.05, 3.63) is 96.6 Å². The van der Waals surface area contributed by atoms with Gasteiger partial charge in [-0.3, -0.25) is 0 Å². The zero-order chi connectivity index (χ0) is 28.5. The zero-order valence-corrected chi connectivity index (χ0v) is 24.1. The number of rotatable bonds is 2. The summed E-state index contributed by atoms with van der Waals surface area (Å²) in [6.07, 6.45) is 0.482. The molecule has 8 bridgehead atoms. The maximum atomic E-state index is 9.86. The summed E-state index contributed by atoms with van der Waals surface area (Å²) < 4.78 is 0. The van der Waals surface area contributed by atoms with Crippen LogP contribution in [0.1, 0.15) is 5.56 Å². The van der Waals surface area contributed by atoms with Gasteiger partial charge in [-0.2, -0.15) is 0 Å². The minimum atomic E-state index is 0. The van der Waals surface area contributed by atoms with Crippen LogP contribution in [0.15, 0.2) is 91.0 Å². The van der Waals surface area contributed by atoms with Crippen LogP contribution in [0.4, 0.5) is 0 Å². The van der Waals surface area contributed by atoms with Gasteiger partial charge >= 0.3 is 0 Å². The molecule has 2 aliphatic heterocycles. The van der Waals surface area contributed by atoms with E-state index in [1.54, 1.807) is 0 Å². The summed E-state index contributed by atoms with van der Waals surface area (Å²) in [7, 11) is 0. The maximum Gasteiger partial charge on any atom is 0.164 e. The molecule has 0 fully saturated rings. The van der Waals surface area contributed by atoms with Crippen LogP contribution in [0.25, 0.3) is 89.7 Å². The molecule has 7 aromatic rings. The molecule has 213 valence electrons. The quantitative estimate of drug-likeness (QED) is 0.205. The van der Waals surface area contributed by atoms with E-state index < -0.39 is 0 Å². The van der Waals surface area contributed by atoms with Crippen LogP contribution in [0.5, 0.6) is 0 Å². The average Bonchev–Trinajstić information content (AvgIpc) is 3.77. The van der Waals surface area contributed by atoms with Crippen LogP contribution in [0.2, 0.25) is 0 Å². The number of hydrogen-bond acceptors (Lipinski definition) is 7. The van der Waals surface area contributed by atoms with Gasteiger partial charge in [-0.25, -0.2) is 29.9 Å². The predicted molar refractivity (Wildman–Crippen MR) is 167 cm³/mol. The molecule has 5 heterocycles. The third-order valence-electron chi connectivity index (χ3n) is 8.05. The summed E-state index contributed by atoms with van der Waals surface area (Å²) in [5, 5.41) is 13.5. The molecule has 44 heavy (non-hydrogen) atoms. The van der Waals surface area contributed by atoms with Crippen LogP contribution in [-0.4, -0.2) is 51.6 Å². The summed E-state index contributed by atoms with van der Waals surface area (Å²) in [6.45, 7) is 0.0165. The Kier molecular flexibility index (Phi) is 6.08. The fourth-order valence-electron chi connectivity index (χ4n) is 6.09. The van der Waals surface area contributed by atoms with Crippen molar-refractivity contribution < 1.29 is 21.9 Å². The van der Waals surface area contributed by atoms with Gasteiger partial charge in [-0.05, 0) is 12.0 Å². The van der Waals surface area contributed by atoms with Crippen molar-refractivity contribution in [1.82, 2.24) is 39.9 Å². The third kappa shape index (κ3) is 3.96. The first-order valence-corrected chi connectivity index (χ1v) is 14.1. The van der Waals surface area contributed by atoms with Crippen molar-refractivity contribution in [2.24, 2.45) is 0 Å². The first kappa shape index (κ1) is 26.3. The van der Waals surface area contributed by atoms with Crippen LogP contribution in [0.3, 0.4) is 0 Å². The molecule has 3 N–H and O–H groups in total. The van der Waals surface area contributed by atoms with Crippen LogP contribution >= 0.6 is 0 Å². The van der Waals surface area contributed by atoms with Gasteiger partial charge in [0.05, 0.1) is 0 Å². The Labute approximate surface area is 260 Å². The minimum Gasteiger partial charge on any atom is -0.396 e. The van der Waals surface area contributed by atoms with Crippen LogP contribution in [-0.2, 0) is 23.2 Å². The fraction of sp³-hybridized carbons (Fsp3) is 0.0588. The standard InChI is InChI=1S/C34H22N8O.Co/c43-17-16-18-8-7-15-25-26(18)34-41-32-24-14-6-5-13-23(24)30(39-32)37-28-20-10-2-1-9-19(20)27(35-28)36-29-21-11-3-4-12-22(21)31(38-29)40-33(25)42-34;/h1-15,43H,16-17H2,(H2,35,36,37,38,39,40,41,42);. The van der Waals surface area contributed by atoms with Crippen molar-refractivity contribution in [3.8, 4) is 45.6 Å². The summed E-state index contributed by atoms with van der Waals surface area (Å²) >= 11 is 0. The van der Waals surface area contributed by atoms with Gasteiger partial charge in [-0.1, -0.05) is 91.0 Å². The van der Waals surface area contributed by atoms with Crippen molar-refractivity contribution in [1.29, 1.82) is 0 Å². The summed E-state index contributed by atoms with van der Waals surface area (Å²) in [5.41, 5.74) is 7.12. The molecule has 0 atom stereocenters. The summed E-state index contributed by atoms with van der Waals surface area (Å²) in [5.74, 6) is 2.25. The second kappa shape index (κ2) is 10.2. The first-order valence-electron chi connectivity index (χ1n) is 14.1. The SMILES string of the molecule is OCCc1cccc2c3nc4nc(nc5[nH]c(nc6nc(nc([nH]3)c12)-c1ccccc1-6)c1ccccc51)-c1ccccc1-4.[Co]. The van der Waals surface area contributed by atoms with E-state index in [1.807, 2.05) is 91.0 Å². The molecule has 3 aromatic heterocycles. The normalized spacial score (nSPS) is 11.8. The second-order valence-corrected chi connectivity index (χ2v) is 10.6. The first-order chi connectivity index (χ1) is 21.2. The second-order valence-electron chi connectivity index (χ2n) is 10.6. The molecule has 10 heteroatoms. The number of nitrogens with zero attached hydrogens (tertiary/aromatic N) is 6. The Morgan fingerprint density at radius 2 is 0.864 bits per heavy atom. The van der Waals surface area contributed by atoms with E-state index in [9.17, 15) is 5.11 Å². The van der Waals surface area contributed by atoms with E-state index in [-0.39, 0.29) is 23.4 Å². The number of aliphatic hydroxyl groups excluding tert-OH is 1. The molecule has 1 radical (unpaired) electrons. The summed E-state index contributed by atoms with van der Waals surface area (Å²) in [4.78, 5) is 37.0. The number of aromatic amines is 2. The third-order valence-corrected chi connectivity index (χ3v) is 8.05. The summed E-state index contributed by atoms with van der Waals surface area (Å²) in [6, 6.07) is 30.0. The molecule has 0 saturated carbocycles. The van der Waals surface area contributed by atoms with E-state index in [0.29, 0.717) is 52.3 Å². The smallest absolute Gasteiger partial charge is 0.164 e. The van der Waals surface area contributed by atoms with Crippen molar-refractivity contribution in [2.75, 3.05) is 6.61 Å². The van der Waals surface area contributed by atoms with Gasteiger partial charge in [0.1, 0.15) is 22.6 Å². The number of hydrogen-bond donors (Lipinski definition) is 3. The average molecular weight is 618 g/mol. The van der Waals surface area contributed by atoms with Crippen LogP contribution < -0.4 is 0 Å². The Morgan fingerprint density at radius 1 is 0.455 bits per heavy atom. The van der Waals surface area contributed by atoms with Gasteiger partial charge in [-0.15, -0.1) is 0 Å². The number of nitrogens with one attached hydrogen (secondary N) is 2. The Balaban J connectivity index is 0.00000289. The molecule has 0 saturated heterocycles. The van der Waals surface area contributed by atoms with Gasteiger partial charge in [0.2, 0.25) is 0 Å². The topological polar surface area (TPSA) is 129 Å². The van der Waals surface area contributed by atoms with E-state index >= 15 is 0 Å². The maximum absolute atomic E-state index is 9.86. The Morgan fingerprint density at radius 3 is 1.36 bits per heavy atom. The largest absolute Gasteiger partial charge is 0.396 e. The van der Waals surface area contributed by atoms with Gasteiger partial charge < -0.3 is 15.1 Å². The molecule has 0 unspecified atom stereocenters. The van der Waals surface area contributed by atoms with E-state index in [1.165, 1.54) is 0 Å². The number of fused-ring (bicyclic) bond motifs is 20. The molecule has 2 aliphatic rings. The number of H-pyrrole nitrogens is 2. The molecule has 0 amide bonds. The van der Waals surface area contributed by atoms with E-state index in [0.717, 1.165) is 49.4 Å². The van der Waals surface area contributed by atoms with Crippen molar-refractivity contribution in [3.63, 3.8) is 0 Å². The number of benzene rings is 4. The molecule has 9 rings (SSSR count). The molecular formula is C34H22CoN8O. The van der Waals surface area contributed by atoms with Crippen LogP contribution in [0, 0.1) is 0 Å². The van der Waals surface area contributed by atoms with E-state index in [4.69, 9.17) is 29.9 Å². The zero-order valence-electron chi connectivity index (χ0n) is 23.0. The molecular weight excluding hydrogens is 595 g/mol. The van der Waals surface area contributed by atoms with Gasteiger partial charge in [0.15, 0.2) is 23.3 Å². The van der Waals surface area contributed by atoms with Gasteiger partial charge in [0.25, 0.3) is 0 Å². The number of aliphatic hydroxyl groups is 1. The Bertz CT molecular complexity index is 2440. The van der Waals surface area contributed by atoms with Crippen molar-refractivity contribution in [2.45, 2.75) is 6.42 Å². The monoisotopic (exact) mass is 617 g/mol. The number of aromatic nitrogens is 8. The Hall–Kier alpha value is -5.29. The minimum absolute atomic E-state index is 0.